The Bertz CT molecular complexity index is 412. The molecule has 5 heteroatoms. The fraction of sp³-hybridized carbons (Fsp3) is 0.500. The molecular weight excluding hydrogens is 262 g/mol. The van der Waals surface area contributed by atoms with Crippen molar-refractivity contribution in [1.82, 2.24) is 10.0 Å². The van der Waals surface area contributed by atoms with Crippen molar-refractivity contribution in [1.29, 1.82) is 0 Å². The van der Waals surface area contributed by atoms with Crippen LogP contribution < -0.4 is 4.90 Å². The molecular formula is C14H22ClN3O. The number of benzene rings is 1. The lowest BCUT2D eigenvalue weighted by atomic mass is 10.1. The van der Waals surface area contributed by atoms with E-state index in [0.29, 0.717) is 0 Å². The van der Waals surface area contributed by atoms with Crippen molar-refractivity contribution in [3.63, 3.8) is 0 Å². The second kappa shape index (κ2) is 6.89. The summed E-state index contributed by atoms with van der Waals surface area (Å²) < 4.78 is 0. The van der Waals surface area contributed by atoms with Crippen LogP contribution in [-0.4, -0.2) is 49.2 Å². The summed E-state index contributed by atoms with van der Waals surface area (Å²) in [5.41, 5.74) is 0.993. The molecule has 1 aromatic carbocycles. The molecule has 1 fully saturated rings. The molecule has 0 radical (unpaired) electrons. The molecule has 1 aliphatic heterocycles. The van der Waals surface area contributed by atoms with Crippen molar-refractivity contribution in [3.8, 4) is 0 Å². The topological polar surface area (TPSA) is 26.8 Å². The number of likely N-dealkylation sites (N-methyl/N-ethyl adjacent to an activating group) is 1. The van der Waals surface area contributed by atoms with Crippen LogP contribution in [0.4, 0.5) is 5.69 Å². The molecule has 1 aliphatic rings. The molecule has 2 rings (SSSR count). The summed E-state index contributed by atoms with van der Waals surface area (Å²) in [7, 11) is 4.15. The smallest absolute Gasteiger partial charge is 0.224 e. The van der Waals surface area contributed by atoms with E-state index >= 15 is 0 Å². The zero-order valence-corrected chi connectivity index (χ0v) is 12.6. The van der Waals surface area contributed by atoms with Gasteiger partial charge in [-0.2, -0.15) is 0 Å². The minimum atomic E-state index is 0. The van der Waals surface area contributed by atoms with Crippen molar-refractivity contribution in [2.24, 2.45) is 0 Å². The number of carbonyl (C=O) groups excluding carboxylic acids is 1. The van der Waals surface area contributed by atoms with E-state index in [4.69, 9.17) is 0 Å². The van der Waals surface area contributed by atoms with Gasteiger partial charge >= 0.3 is 0 Å². The summed E-state index contributed by atoms with van der Waals surface area (Å²) in [4.78, 5) is 13.8. The van der Waals surface area contributed by atoms with Crippen molar-refractivity contribution in [2.45, 2.75) is 19.4 Å². The summed E-state index contributed by atoms with van der Waals surface area (Å²) in [5, 5.41) is 4.37. The molecule has 1 amide bonds. The molecule has 4 nitrogen and oxygen atoms in total. The van der Waals surface area contributed by atoms with E-state index in [1.807, 2.05) is 35.2 Å². The fourth-order valence-corrected chi connectivity index (χ4v) is 2.49. The minimum Gasteiger partial charge on any atom is -0.308 e. The van der Waals surface area contributed by atoms with Gasteiger partial charge < -0.3 is 4.90 Å². The summed E-state index contributed by atoms with van der Waals surface area (Å²) >= 11 is 0. The Balaban J connectivity index is 0.00000180. The van der Waals surface area contributed by atoms with Crippen molar-refractivity contribution < 1.29 is 4.79 Å². The Labute approximate surface area is 121 Å². The van der Waals surface area contributed by atoms with E-state index in [2.05, 4.69) is 24.1 Å². The highest BCUT2D eigenvalue weighted by Gasteiger charge is 2.28. The van der Waals surface area contributed by atoms with Gasteiger partial charge in [-0.1, -0.05) is 18.2 Å². The average molecular weight is 284 g/mol. The Hall–Kier alpha value is -1.10. The van der Waals surface area contributed by atoms with Crippen LogP contribution >= 0.6 is 12.4 Å². The number of anilines is 1. The minimum absolute atomic E-state index is 0. The first-order valence-corrected chi connectivity index (χ1v) is 6.36. The van der Waals surface area contributed by atoms with Gasteiger partial charge in [-0.25, -0.2) is 10.0 Å². The maximum atomic E-state index is 11.9. The zero-order chi connectivity index (χ0) is 13.1. The van der Waals surface area contributed by atoms with E-state index < -0.39 is 0 Å². The maximum Gasteiger partial charge on any atom is 0.224 e. The van der Waals surface area contributed by atoms with Gasteiger partial charge in [0.05, 0.1) is 6.04 Å². The Morgan fingerprint density at radius 3 is 2.37 bits per heavy atom. The Morgan fingerprint density at radius 2 is 1.84 bits per heavy atom. The standard InChI is InChI=1S/C14H21N3O.ClH/c1-12(18)17(13-7-5-4-6-8-13)14-9-10-15(2)16(3)11-14;/h4-8,14H,9-11H2,1-3H3;1H. The molecule has 0 spiro atoms. The van der Waals surface area contributed by atoms with E-state index in [9.17, 15) is 4.79 Å². The molecule has 0 saturated carbocycles. The van der Waals surface area contributed by atoms with Gasteiger partial charge in [0.1, 0.15) is 0 Å². The monoisotopic (exact) mass is 283 g/mol. The van der Waals surface area contributed by atoms with Crippen LogP contribution in [0.25, 0.3) is 0 Å². The summed E-state index contributed by atoms with van der Waals surface area (Å²) in [6, 6.07) is 10.2. The summed E-state index contributed by atoms with van der Waals surface area (Å²) in [6.07, 6.45) is 1.01. The predicted molar refractivity (Wildman–Crippen MR) is 80.5 cm³/mol. The molecule has 19 heavy (non-hydrogen) atoms. The number of hydrogen-bond acceptors (Lipinski definition) is 3. The number of amides is 1. The van der Waals surface area contributed by atoms with Crippen LogP contribution in [0.2, 0.25) is 0 Å². The molecule has 1 atom stereocenters. The van der Waals surface area contributed by atoms with Crippen molar-refractivity contribution in [3.05, 3.63) is 30.3 Å². The quantitative estimate of drug-likeness (QED) is 0.831. The first-order valence-electron chi connectivity index (χ1n) is 6.36. The number of hydrazine groups is 1. The van der Waals surface area contributed by atoms with Gasteiger partial charge in [-0.15, -0.1) is 12.4 Å². The van der Waals surface area contributed by atoms with Crippen LogP contribution in [-0.2, 0) is 4.79 Å². The van der Waals surface area contributed by atoms with Gasteiger partial charge in [-0.05, 0) is 18.6 Å². The Kier molecular flexibility index (Phi) is 5.79. The SMILES string of the molecule is CC(=O)N(c1ccccc1)C1CCN(C)N(C)C1.Cl. The summed E-state index contributed by atoms with van der Waals surface area (Å²) in [6.45, 7) is 3.51. The van der Waals surface area contributed by atoms with Crippen LogP contribution in [0.1, 0.15) is 13.3 Å². The first-order chi connectivity index (χ1) is 8.59. The van der Waals surface area contributed by atoms with Crippen molar-refractivity contribution in [2.75, 3.05) is 32.1 Å². The zero-order valence-electron chi connectivity index (χ0n) is 11.7. The van der Waals surface area contributed by atoms with Crippen LogP contribution in [0.3, 0.4) is 0 Å². The molecule has 1 heterocycles. The third kappa shape index (κ3) is 3.69. The van der Waals surface area contributed by atoms with E-state index in [0.717, 1.165) is 25.2 Å². The third-order valence-electron chi connectivity index (χ3n) is 3.58. The van der Waals surface area contributed by atoms with Crippen LogP contribution in [0.5, 0.6) is 0 Å². The van der Waals surface area contributed by atoms with Crippen LogP contribution in [0.15, 0.2) is 30.3 Å². The average Bonchev–Trinajstić information content (AvgIpc) is 2.35. The molecule has 1 saturated heterocycles. The second-order valence-corrected chi connectivity index (χ2v) is 4.89. The number of nitrogens with zero attached hydrogens (tertiary/aromatic N) is 3. The van der Waals surface area contributed by atoms with Gasteiger partial charge in [0.25, 0.3) is 0 Å². The number of rotatable bonds is 2. The molecule has 0 aliphatic carbocycles. The maximum absolute atomic E-state index is 11.9. The lowest BCUT2D eigenvalue weighted by Crippen LogP contribution is -2.55. The van der Waals surface area contributed by atoms with Crippen LogP contribution in [0, 0.1) is 0 Å². The van der Waals surface area contributed by atoms with Crippen molar-refractivity contribution >= 4 is 24.0 Å². The number of halogens is 1. The molecule has 106 valence electrons. The normalized spacial score (nSPS) is 20.7. The summed E-state index contributed by atoms with van der Waals surface area (Å²) in [5.74, 6) is 0.115. The number of hydrogen-bond donors (Lipinski definition) is 0. The highest BCUT2D eigenvalue weighted by Crippen LogP contribution is 2.21. The highest BCUT2D eigenvalue weighted by atomic mass is 35.5. The largest absolute Gasteiger partial charge is 0.308 e. The number of carbonyl (C=O) groups is 1. The fourth-order valence-electron chi connectivity index (χ4n) is 2.49. The van der Waals surface area contributed by atoms with Gasteiger partial charge in [0.2, 0.25) is 5.91 Å². The van der Waals surface area contributed by atoms with Gasteiger partial charge in [0, 0.05) is 39.8 Å². The molecule has 0 bridgehead atoms. The lowest BCUT2D eigenvalue weighted by molar-refractivity contribution is -0.117. The van der Waals surface area contributed by atoms with E-state index in [1.165, 1.54) is 0 Å². The molecule has 1 aromatic rings. The predicted octanol–water partition coefficient (Wildman–Crippen LogP) is 2.01. The third-order valence-corrected chi connectivity index (χ3v) is 3.58. The second-order valence-electron chi connectivity index (χ2n) is 4.89. The molecule has 1 unspecified atom stereocenters. The molecule has 0 aromatic heterocycles. The first kappa shape index (κ1) is 16.0. The highest BCUT2D eigenvalue weighted by molar-refractivity contribution is 5.92. The van der Waals surface area contributed by atoms with Gasteiger partial charge in [0.15, 0.2) is 0 Å². The van der Waals surface area contributed by atoms with Gasteiger partial charge in [-0.3, -0.25) is 4.79 Å². The lowest BCUT2D eigenvalue weighted by Gasteiger charge is -2.42. The number of para-hydroxylation sites is 1. The molecule has 0 N–H and O–H groups in total. The Morgan fingerprint density at radius 1 is 1.21 bits per heavy atom. The van der Waals surface area contributed by atoms with E-state index in [1.54, 1.807) is 6.92 Å². The van der Waals surface area contributed by atoms with E-state index in [-0.39, 0.29) is 24.4 Å².